The van der Waals surface area contributed by atoms with E-state index >= 15 is 0 Å². The molecule has 0 saturated heterocycles. The zero-order valence-electron chi connectivity index (χ0n) is 10.4. The lowest BCUT2D eigenvalue weighted by molar-refractivity contribution is 0.102. The van der Waals surface area contributed by atoms with E-state index in [1.54, 1.807) is 6.07 Å². The lowest BCUT2D eigenvalue weighted by Crippen LogP contribution is -2.15. The number of carbonyl (C=O) groups is 1. The van der Waals surface area contributed by atoms with E-state index in [4.69, 9.17) is 29.0 Å². The van der Waals surface area contributed by atoms with E-state index in [-0.39, 0.29) is 16.3 Å². The molecule has 4 nitrogen and oxygen atoms in total. The Bertz CT molecular complexity index is 687. The van der Waals surface area contributed by atoms with E-state index < -0.39 is 23.2 Å². The third-order valence-electron chi connectivity index (χ3n) is 2.63. The summed E-state index contributed by atoms with van der Waals surface area (Å²) in [5.74, 6) is 2.27. The normalized spacial score (nSPS) is 10.3. The van der Waals surface area contributed by atoms with Gasteiger partial charge in [-0.25, -0.2) is 8.78 Å². The minimum atomic E-state index is -0.986. The van der Waals surface area contributed by atoms with Crippen molar-refractivity contribution in [1.29, 1.82) is 0 Å². The number of carbonyl (C=O) groups excluding carboxylic acids is 1. The van der Waals surface area contributed by atoms with Crippen molar-refractivity contribution in [2.45, 2.75) is 0 Å². The van der Waals surface area contributed by atoms with Gasteiger partial charge < -0.3 is 10.7 Å². The highest BCUT2D eigenvalue weighted by Gasteiger charge is 2.15. The van der Waals surface area contributed by atoms with Crippen LogP contribution in [-0.4, -0.2) is 5.91 Å². The van der Waals surface area contributed by atoms with Crippen LogP contribution in [0.2, 0.25) is 10.0 Å². The number of amides is 1. The minimum Gasteiger partial charge on any atom is -0.321 e. The molecule has 0 heterocycles. The lowest BCUT2D eigenvalue weighted by Gasteiger charge is -2.10. The quantitative estimate of drug-likeness (QED) is 0.591. The summed E-state index contributed by atoms with van der Waals surface area (Å²) in [7, 11) is 0. The molecular weight excluding hydrogens is 323 g/mol. The Morgan fingerprint density at radius 2 is 1.71 bits per heavy atom. The van der Waals surface area contributed by atoms with Gasteiger partial charge in [0.15, 0.2) is 11.6 Å². The van der Waals surface area contributed by atoms with Crippen molar-refractivity contribution in [2.24, 2.45) is 5.84 Å². The molecule has 0 aliphatic heterocycles. The monoisotopic (exact) mass is 331 g/mol. The summed E-state index contributed by atoms with van der Waals surface area (Å²) in [5, 5.41) is 3.02. The summed E-state index contributed by atoms with van der Waals surface area (Å²) in [5.41, 5.74) is 1.36. The van der Waals surface area contributed by atoms with Crippen molar-refractivity contribution in [3.05, 3.63) is 57.6 Å². The number of benzene rings is 2. The highest BCUT2D eigenvalue weighted by molar-refractivity contribution is 6.35. The predicted molar refractivity (Wildman–Crippen MR) is 78.6 cm³/mol. The largest absolute Gasteiger partial charge is 0.321 e. The first-order valence-corrected chi connectivity index (χ1v) is 6.40. The molecule has 8 heteroatoms. The molecule has 0 spiro atoms. The third-order valence-corrected chi connectivity index (χ3v) is 3.19. The molecular formula is C13H9Cl2F2N3O. The standard InChI is InChI=1S/C13H9Cl2F2N3O/c14-7-1-2-8(15)11(5-7)19-13(21)6-3-9(16)12(20-18)10(17)4-6/h1-5,20H,18H2,(H,19,21). The molecule has 0 aliphatic carbocycles. The second kappa shape index (κ2) is 6.26. The van der Waals surface area contributed by atoms with Gasteiger partial charge in [0.05, 0.1) is 10.7 Å². The first kappa shape index (κ1) is 15.5. The topological polar surface area (TPSA) is 67.1 Å². The van der Waals surface area contributed by atoms with Gasteiger partial charge in [-0.1, -0.05) is 23.2 Å². The van der Waals surface area contributed by atoms with Crippen molar-refractivity contribution in [3.8, 4) is 0 Å². The number of nitrogen functional groups attached to an aromatic ring is 1. The minimum absolute atomic E-state index is 0.222. The van der Waals surface area contributed by atoms with Crippen LogP contribution in [0.1, 0.15) is 10.4 Å². The summed E-state index contributed by atoms with van der Waals surface area (Å²) in [6.07, 6.45) is 0. The molecule has 21 heavy (non-hydrogen) atoms. The highest BCUT2D eigenvalue weighted by atomic mass is 35.5. The van der Waals surface area contributed by atoms with E-state index in [0.717, 1.165) is 12.1 Å². The molecule has 2 rings (SSSR count). The third kappa shape index (κ3) is 3.41. The van der Waals surface area contributed by atoms with Crippen LogP contribution in [0.3, 0.4) is 0 Å². The van der Waals surface area contributed by atoms with Crippen LogP contribution in [0.4, 0.5) is 20.2 Å². The van der Waals surface area contributed by atoms with Crippen molar-refractivity contribution in [3.63, 3.8) is 0 Å². The number of nitrogens with one attached hydrogen (secondary N) is 2. The Balaban J connectivity index is 2.31. The van der Waals surface area contributed by atoms with E-state index in [1.165, 1.54) is 12.1 Å². The maximum absolute atomic E-state index is 13.5. The molecule has 0 radical (unpaired) electrons. The molecule has 0 saturated carbocycles. The molecule has 0 aliphatic rings. The highest BCUT2D eigenvalue weighted by Crippen LogP contribution is 2.26. The van der Waals surface area contributed by atoms with Gasteiger partial charge >= 0.3 is 0 Å². The molecule has 2 aromatic rings. The second-order valence-corrected chi connectivity index (χ2v) is 4.88. The van der Waals surface area contributed by atoms with E-state index in [0.29, 0.717) is 5.02 Å². The average Bonchev–Trinajstić information content (AvgIpc) is 2.42. The number of hydrogen-bond donors (Lipinski definition) is 3. The molecule has 0 atom stereocenters. The summed E-state index contributed by atoms with van der Waals surface area (Å²) in [6, 6.07) is 6.16. The number of hydrazine groups is 1. The van der Waals surface area contributed by atoms with Crippen LogP contribution in [0.25, 0.3) is 0 Å². The van der Waals surface area contributed by atoms with Crippen LogP contribution in [0.15, 0.2) is 30.3 Å². The van der Waals surface area contributed by atoms with Crippen LogP contribution >= 0.6 is 23.2 Å². The predicted octanol–water partition coefficient (Wildman–Crippen LogP) is 3.81. The van der Waals surface area contributed by atoms with Crippen molar-refractivity contribution < 1.29 is 13.6 Å². The van der Waals surface area contributed by atoms with Gasteiger partial charge in [0.25, 0.3) is 5.91 Å². The zero-order valence-corrected chi connectivity index (χ0v) is 11.9. The van der Waals surface area contributed by atoms with Crippen molar-refractivity contribution in [2.75, 3.05) is 10.7 Å². The van der Waals surface area contributed by atoms with E-state index in [2.05, 4.69) is 5.32 Å². The summed E-state index contributed by atoms with van der Waals surface area (Å²) < 4.78 is 27.1. The maximum Gasteiger partial charge on any atom is 0.255 e. The Labute approximate surface area is 128 Å². The van der Waals surface area contributed by atoms with Gasteiger partial charge in [0.2, 0.25) is 0 Å². The number of halogens is 4. The van der Waals surface area contributed by atoms with E-state index in [9.17, 15) is 13.6 Å². The molecule has 0 aromatic heterocycles. The van der Waals surface area contributed by atoms with Gasteiger partial charge in [-0.2, -0.15) is 0 Å². The molecule has 1 amide bonds. The number of hydrogen-bond acceptors (Lipinski definition) is 3. The van der Waals surface area contributed by atoms with Crippen LogP contribution in [0, 0.1) is 11.6 Å². The fourth-order valence-corrected chi connectivity index (χ4v) is 1.97. The first-order chi connectivity index (χ1) is 9.92. The van der Waals surface area contributed by atoms with Crippen molar-refractivity contribution in [1.82, 2.24) is 0 Å². The Morgan fingerprint density at radius 3 is 2.29 bits per heavy atom. The number of rotatable bonds is 3. The van der Waals surface area contributed by atoms with Gasteiger partial charge in [-0.15, -0.1) is 0 Å². The number of nitrogens with two attached hydrogens (primary N) is 1. The fraction of sp³-hybridized carbons (Fsp3) is 0. The van der Waals surface area contributed by atoms with Crippen LogP contribution in [0.5, 0.6) is 0 Å². The summed E-state index contributed by atoms with van der Waals surface area (Å²) >= 11 is 11.7. The Hall–Kier alpha value is -1.89. The van der Waals surface area contributed by atoms with Crippen LogP contribution in [-0.2, 0) is 0 Å². The lowest BCUT2D eigenvalue weighted by atomic mass is 10.1. The van der Waals surface area contributed by atoms with Gasteiger partial charge in [0.1, 0.15) is 5.69 Å². The second-order valence-electron chi connectivity index (χ2n) is 4.04. The smallest absolute Gasteiger partial charge is 0.255 e. The summed E-state index contributed by atoms with van der Waals surface area (Å²) in [6.45, 7) is 0. The molecule has 0 fully saturated rings. The van der Waals surface area contributed by atoms with Crippen LogP contribution < -0.4 is 16.6 Å². The molecule has 110 valence electrons. The van der Waals surface area contributed by atoms with Gasteiger partial charge in [-0.3, -0.25) is 10.6 Å². The maximum atomic E-state index is 13.5. The molecule has 2 aromatic carbocycles. The SMILES string of the molecule is NNc1c(F)cc(C(=O)Nc2cc(Cl)ccc2Cl)cc1F. The fourth-order valence-electron chi connectivity index (χ4n) is 1.63. The zero-order chi connectivity index (χ0) is 15.6. The van der Waals surface area contributed by atoms with Gasteiger partial charge in [-0.05, 0) is 30.3 Å². The molecule has 0 bridgehead atoms. The molecule has 4 N–H and O–H groups in total. The van der Waals surface area contributed by atoms with Gasteiger partial charge in [0, 0.05) is 10.6 Å². The Kier molecular flexibility index (Phi) is 4.62. The Morgan fingerprint density at radius 1 is 1.10 bits per heavy atom. The summed E-state index contributed by atoms with van der Waals surface area (Å²) in [4.78, 5) is 12.0. The first-order valence-electron chi connectivity index (χ1n) is 5.64. The van der Waals surface area contributed by atoms with Crippen molar-refractivity contribution >= 4 is 40.5 Å². The number of anilines is 2. The molecule has 0 unspecified atom stereocenters. The average molecular weight is 332 g/mol. The van der Waals surface area contributed by atoms with E-state index in [1.807, 2.05) is 5.43 Å².